The maximum atomic E-state index is 4.36. The Kier molecular flexibility index (Phi) is 6.31. The molecule has 0 aliphatic heterocycles. The summed E-state index contributed by atoms with van der Waals surface area (Å²) in [7, 11) is 0. The van der Waals surface area contributed by atoms with Crippen LogP contribution in [0, 0.1) is 5.92 Å². The molecule has 0 unspecified atom stereocenters. The van der Waals surface area contributed by atoms with E-state index in [2.05, 4.69) is 37.1 Å². The fraction of sp³-hybridized carbons (Fsp3) is 0.615. The van der Waals surface area contributed by atoms with Crippen LogP contribution in [-0.2, 0) is 5.75 Å². The zero-order chi connectivity index (χ0) is 11.8. The van der Waals surface area contributed by atoms with Crippen molar-refractivity contribution in [3.63, 3.8) is 0 Å². The van der Waals surface area contributed by atoms with Crippen molar-refractivity contribution in [2.45, 2.75) is 32.9 Å². The van der Waals surface area contributed by atoms with E-state index in [0.29, 0.717) is 0 Å². The van der Waals surface area contributed by atoms with Crippen molar-refractivity contribution >= 4 is 17.6 Å². The molecule has 0 aromatic carbocycles. The summed E-state index contributed by atoms with van der Waals surface area (Å²) >= 11 is 1.99. The average Bonchev–Trinajstić information content (AvgIpc) is 2.26. The number of rotatable bonds is 7. The molecule has 3 heteroatoms. The summed E-state index contributed by atoms with van der Waals surface area (Å²) in [4.78, 5) is 4.36. The van der Waals surface area contributed by atoms with E-state index >= 15 is 0 Å². The lowest BCUT2D eigenvalue weighted by Crippen LogP contribution is -2.02. The molecular formula is C13H22N2S. The molecule has 0 bridgehead atoms. The van der Waals surface area contributed by atoms with E-state index in [1.165, 1.54) is 17.7 Å². The van der Waals surface area contributed by atoms with E-state index < -0.39 is 0 Å². The number of pyridine rings is 1. The van der Waals surface area contributed by atoms with Crippen molar-refractivity contribution < 1.29 is 0 Å². The van der Waals surface area contributed by atoms with Gasteiger partial charge in [0.15, 0.2) is 0 Å². The second-order valence-electron chi connectivity index (χ2n) is 4.28. The molecule has 0 atom stereocenters. The molecule has 16 heavy (non-hydrogen) atoms. The quantitative estimate of drug-likeness (QED) is 0.732. The number of hydrogen-bond donors (Lipinski definition) is 1. The van der Waals surface area contributed by atoms with Crippen LogP contribution in [0.3, 0.4) is 0 Å². The van der Waals surface area contributed by atoms with Gasteiger partial charge >= 0.3 is 0 Å². The van der Waals surface area contributed by atoms with Crippen molar-refractivity contribution in [1.29, 1.82) is 0 Å². The summed E-state index contributed by atoms with van der Waals surface area (Å²) in [5.41, 5.74) is 1.32. The number of thioether (sulfide) groups is 1. The fourth-order valence-corrected chi connectivity index (χ4v) is 2.62. The van der Waals surface area contributed by atoms with Crippen LogP contribution in [0.1, 0.15) is 32.8 Å². The van der Waals surface area contributed by atoms with Gasteiger partial charge in [0.05, 0.1) is 0 Å². The summed E-state index contributed by atoms with van der Waals surface area (Å²) in [6.07, 6.45) is 3.14. The zero-order valence-electron chi connectivity index (χ0n) is 10.5. The molecule has 2 nitrogen and oxygen atoms in total. The smallest absolute Gasteiger partial charge is 0.129 e. The first-order valence-electron chi connectivity index (χ1n) is 5.99. The summed E-state index contributed by atoms with van der Waals surface area (Å²) in [6, 6.07) is 4.17. The molecular weight excluding hydrogens is 216 g/mol. The van der Waals surface area contributed by atoms with Crippen LogP contribution in [0.5, 0.6) is 0 Å². The van der Waals surface area contributed by atoms with Gasteiger partial charge in [-0.15, -0.1) is 0 Å². The molecule has 0 saturated heterocycles. The van der Waals surface area contributed by atoms with Crippen LogP contribution < -0.4 is 5.32 Å². The lowest BCUT2D eigenvalue weighted by atomic mass is 10.2. The highest BCUT2D eigenvalue weighted by Gasteiger charge is 2.02. The van der Waals surface area contributed by atoms with Crippen LogP contribution >= 0.6 is 11.8 Å². The molecule has 0 radical (unpaired) electrons. The van der Waals surface area contributed by atoms with Gasteiger partial charge in [-0.2, -0.15) is 11.8 Å². The van der Waals surface area contributed by atoms with Crippen LogP contribution in [0.2, 0.25) is 0 Å². The van der Waals surface area contributed by atoms with Crippen molar-refractivity contribution in [3.8, 4) is 0 Å². The third kappa shape index (κ3) is 4.88. The number of anilines is 1. The predicted octanol–water partition coefficient (Wildman–Crippen LogP) is 3.79. The van der Waals surface area contributed by atoms with Gasteiger partial charge in [0.25, 0.3) is 0 Å². The first-order valence-corrected chi connectivity index (χ1v) is 7.15. The number of aromatic nitrogens is 1. The maximum Gasteiger partial charge on any atom is 0.129 e. The second-order valence-corrected chi connectivity index (χ2v) is 5.38. The molecule has 0 saturated carbocycles. The van der Waals surface area contributed by atoms with Crippen molar-refractivity contribution in [2.75, 3.05) is 17.6 Å². The van der Waals surface area contributed by atoms with Gasteiger partial charge in [0.2, 0.25) is 0 Å². The highest BCUT2D eigenvalue weighted by atomic mass is 32.2. The van der Waals surface area contributed by atoms with E-state index in [1.54, 1.807) is 0 Å². The zero-order valence-corrected chi connectivity index (χ0v) is 11.3. The lowest BCUT2D eigenvalue weighted by molar-refractivity contribution is 0.632. The van der Waals surface area contributed by atoms with E-state index in [4.69, 9.17) is 0 Å². The van der Waals surface area contributed by atoms with Gasteiger partial charge < -0.3 is 5.32 Å². The van der Waals surface area contributed by atoms with E-state index in [1.807, 2.05) is 24.0 Å². The minimum Gasteiger partial charge on any atom is -0.370 e. The largest absolute Gasteiger partial charge is 0.370 e. The van der Waals surface area contributed by atoms with Gasteiger partial charge in [-0.1, -0.05) is 19.9 Å². The maximum absolute atomic E-state index is 4.36. The van der Waals surface area contributed by atoms with Gasteiger partial charge in [-0.3, -0.25) is 0 Å². The molecule has 0 amide bonds. The predicted molar refractivity (Wildman–Crippen MR) is 74.0 cm³/mol. The van der Waals surface area contributed by atoms with Crippen LogP contribution in [0.4, 0.5) is 5.82 Å². The minimum absolute atomic E-state index is 0.801. The fourth-order valence-electron chi connectivity index (χ4n) is 1.38. The first kappa shape index (κ1) is 13.4. The third-order valence-corrected chi connectivity index (χ3v) is 3.37. The highest BCUT2D eigenvalue weighted by Crippen LogP contribution is 2.20. The SMILES string of the molecule is CCNc1ncccc1CSCCC(C)C. The standard InChI is InChI=1S/C13H22N2S/c1-4-14-13-12(6-5-8-15-13)10-16-9-7-11(2)3/h5-6,8,11H,4,7,9-10H2,1-3H3,(H,14,15). The second kappa shape index (κ2) is 7.55. The van der Waals surface area contributed by atoms with Crippen LogP contribution in [-0.4, -0.2) is 17.3 Å². The first-order chi connectivity index (χ1) is 7.74. The molecule has 0 spiro atoms. The summed E-state index contributed by atoms with van der Waals surface area (Å²) in [6.45, 7) is 7.58. The Balaban J connectivity index is 2.40. The Morgan fingerprint density at radius 3 is 2.94 bits per heavy atom. The van der Waals surface area contributed by atoms with Gasteiger partial charge in [0.1, 0.15) is 5.82 Å². The monoisotopic (exact) mass is 238 g/mol. The normalized spacial score (nSPS) is 10.8. The van der Waals surface area contributed by atoms with E-state index in [-0.39, 0.29) is 0 Å². The Bertz CT molecular complexity index is 300. The molecule has 0 aliphatic carbocycles. The minimum atomic E-state index is 0.801. The molecule has 1 heterocycles. The number of nitrogens with one attached hydrogen (secondary N) is 1. The van der Waals surface area contributed by atoms with Crippen molar-refractivity contribution in [1.82, 2.24) is 4.98 Å². The van der Waals surface area contributed by atoms with Crippen LogP contribution in [0.25, 0.3) is 0 Å². The van der Waals surface area contributed by atoms with Gasteiger partial charge in [-0.05, 0) is 31.1 Å². The molecule has 1 aromatic heterocycles. The number of hydrogen-bond acceptors (Lipinski definition) is 3. The van der Waals surface area contributed by atoms with Gasteiger partial charge in [-0.25, -0.2) is 4.98 Å². The lowest BCUT2D eigenvalue weighted by Gasteiger charge is -2.09. The topological polar surface area (TPSA) is 24.9 Å². The average molecular weight is 238 g/mol. The number of nitrogens with zero attached hydrogens (tertiary/aromatic N) is 1. The Hall–Kier alpha value is -0.700. The summed E-state index contributed by atoms with van der Waals surface area (Å²) in [5.74, 6) is 4.14. The molecule has 1 aromatic rings. The Morgan fingerprint density at radius 2 is 2.25 bits per heavy atom. The van der Waals surface area contributed by atoms with E-state index in [9.17, 15) is 0 Å². The summed E-state index contributed by atoms with van der Waals surface area (Å²) in [5, 5.41) is 3.30. The molecule has 1 N–H and O–H groups in total. The van der Waals surface area contributed by atoms with Crippen molar-refractivity contribution in [3.05, 3.63) is 23.9 Å². The van der Waals surface area contributed by atoms with E-state index in [0.717, 1.165) is 24.0 Å². The Labute approximate surface area is 103 Å². The summed E-state index contributed by atoms with van der Waals surface area (Å²) < 4.78 is 0. The van der Waals surface area contributed by atoms with Crippen LogP contribution in [0.15, 0.2) is 18.3 Å². The molecule has 90 valence electrons. The highest BCUT2D eigenvalue weighted by molar-refractivity contribution is 7.98. The molecule has 0 aliphatic rings. The van der Waals surface area contributed by atoms with Crippen molar-refractivity contribution in [2.24, 2.45) is 5.92 Å². The molecule has 1 rings (SSSR count). The Morgan fingerprint density at radius 1 is 1.44 bits per heavy atom. The van der Waals surface area contributed by atoms with Gasteiger partial charge in [0, 0.05) is 24.1 Å². The third-order valence-electron chi connectivity index (χ3n) is 2.33. The molecule has 0 fully saturated rings.